The lowest BCUT2D eigenvalue weighted by molar-refractivity contribution is -0.387. The van der Waals surface area contributed by atoms with E-state index in [1.54, 1.807) is 41.9 Å². The molecule has 0 saturated carbocycles. The normalized spacial score (nSPS) is 10.8. The summed E-state index contributed by atoms with van der Waals surface area (Å²) >= 11 is 1.15. The summed E-state index contributed by atoms with van der Waals surface area (Å²) in [4.78, 5) is 25.1. The standard InChI is InChI=1S/C25H21N3O4S/c1-16-13-14-19(15-17(16)2)25(29)32-24-23(33-22-12-8-7-11-21(22)28(30)31)18(3)26-27(24)20-9-5-4-6-10-20/h4-15H,1-3H3. The van der Waals surface area contributed by atoms with Crippen LogP contribution in [-0.4, -0.2) is 20.7 Å². The number of carbonyl (C=O) groups excluding carboxylic acids is 1. The van der Waals surface area contributed by atoms with E-state index in [1.807, 2.05) is 50.2 Å². The minimum atomic E-state index is -0.528. The third-order valence-corrected chi connectivity index (χ3v) is 6.41. The summed E-state index contributed by atoms with van der Waals surface area (Å²) in [6.07, 6.45) is 0. The summed E-state index contributed by atoms with van der Waals surface area (Å²) in [6.45, 7) is 5.68. The zero-order valence-electron chi connectivity index (χ0n) is 18.3. The number of aryl methyl sites for hydroxylation is 3. The topological polar surface area (TPSA) is 87.3 Å². The molecule has 0 saturated heterocycles. The van der Waals surface area contributed by atoms with Crippen molar-refractivity contribution in [1.82, 2.24) is 9.78 Å². The highest BCUT2D eigenvalue weighted by molar-refractivity contribution is 7.99. The van der Waals surface area contributed by atoms with Crippen molar-refractivity contribution in [2.24, 2.45) is 0 Å². The molecule has 0 N–H and O–H groups in total. The molecule has 1 aromatic heterocycles. The zero-order valence-corrected chi connectivity index (χ0v) is 19.1. The molecule has 33 heavy (non-hydrogen) atoms. The van der Waals surface area contributed by atoms with Gasteiger partial charge >= 0.3 is 5.97 Å². The maximum Gasteiger partial charge on any atom is 0.344 e. The van der Waals surface area contributed by atoms with Gasteiger partial charge in [0.2, 0.25) is 5.88 Å². The van der Waals surface area contributed by atoms with Gasteiger partial charge in [-0.3, -0.25) is 10.1 Å². The van der Waals surface area contributed by atoms with Gasteiger partial charge in [-0.2, -0.15) is 9.78 Å². The number of nitro benzene ring substituents is 1. The molecule has 1 heterocycles. The first kappa shape index (κ1) is 22.3. The molecule has 4 aromatic rings. The van der Waals surface area contributed by atoms with Crippen molar-refractivity contribution < 1.29 is 14.5 Å². The Kier molecular flexibility index (Phi) is 6.28. The number of nitro groups is 1. The Morgan fingerprint density at radius 3 is 2.36 bits per heavy atom. The predicted molar refractivity (Wildman–Crippen MR) is 126 cm³/mol. The Morgan fingerprint density at radius 1 is 0.970 bits per heavy atom. The number of hydrogen-bond donors (Lipinski definition) is 0. The first-order valence-electron chi connectivity index (χ1n) is 10.2. The maximum absolute atomic E-state index is 13.1. The third kappa shape index (κ3) is 4.65. The van der Waals surface area contributed by atoms with Crippen molar-refractivity contribution in [2.45, 2.75) is 30.6 Å². The van der Waals surface area contributed by atoms with E-state index >= 15 is 0 Å². The minimum absolute atomic E-state index is 0.0270. The molecule has 0 spiro atoms. The molecule has 7 nitrogen and oxygen atoms in total. The van der Waals surface area contributed by atoms with Crippen LogP contribution in [0.3, 0.4) is 0 Å². The quantitative estimate of drug-likeness (QED) is 0.197. The molecule has 166 valence electrons. The van der Waals surface area contributed by atoms with E-state index in [4.69, 9.17) is 4.74 Å². The second-order valence-electron chi connectivity index (χ2n) is 7.48. The van der Waals surface area contributed by atoms with Gasteiger partial charge in [-0.15, -0.1) is 0 Å². The maximum atomic E-state index is 13.1. The van der Waals surface area contributed by atoms with Gasteiger partial charge in [-0.25, -0.2) is 4.79 Å². The number of para-hydroxylation sites is 2. The third-order valence-electron chi connectivity index (χ3n) is 5.17. The number of hydrogen-bond acceptors (Lipinski definition) is 6. The van der Waals surface area contributed by atoms with Crippen LogP contribution in [0.5, 0.6) is 5.88 Å². The summed E-state index contributed by atoms with van der Waals surface area (Å²) < 4.78 is 7.42. The van der Waals surface area contributed by atoms with Crippen LogP contribution in [0.1, 0.15) is 27.2 Å². The first-order valence-corrected chi connectivity index (χ1v) is 11.0. The minimum Gasteiger partial charge on any atom is -0.402 e. The predicted octanol–water partition coefficient (Wildman–Crippen LogP) is 6.08. The van der Waals surface area contributed by atoms with Gasteiger partial charge in [0.05, 0.1) is 31.7 Å². The number of rotatable bonds is 6. The van der Waals surface area contributed by atoms with Crippen molar-refractivity contribution in [3.63, 3.8) is 0 Å². The van der Waals surface area contributed by atoms with Crippen LogP contribution < -0.4 is 4.74 Å². The van der Waals surface area contributed by atoms with Gasteiger partial charge in [0.1, 0.15) is 0 Å². The van der Waals surface area contributed by atoms with Gasteiger partial charge in [0, 0.05) is 6.07 Å². The lowest BCUT2D eigenvalue weighted by Crippen LogP contribution is -2.12. The summed E-state index contributed by atoms with van der Waals surface area (Å²) in [6, 6.07) is 21.1. The van der Waals surface area contributed by atoms with Crippen LogP contribution in [0.2, 0.25) is 0 Å². The number of benzene rings is 3. The van der Waals surface area contributed by atoms with Gasteiger partial charge in [0.15, 0.2) is 0 Å². The van der Waals surface area contributed by atoms with Gasteiger partial charge in [0.25, 0.3) is 5.69 Å². The molecule has 0 fully saturated rings. The number of nitrogens with zero attached hydrogens (tertiary/aromatic N) is 3. The van der Waals surface area contributed by atoms with Crippen LogP contribution in [0.4, 0.5) is 5.69 Å². The summed E-state index contributed by atoms with van der Waals surface area (Å²) in [7, 11) is 0. The summed E-state index contributed by atoms with van der Waals surface area (Å²) in [5.74, 6) is -0.315. The lowest BCUT2D eigenvalue weighted by atomic mass is 10.1. The van der Waals surface area contributed by atoms with E-state index in [0.29, 0.717) is 26.7 Å². The average molecular weight is 460 g/mol. The number of esters is 1. The molecule has 4 rings (SSSR count). The van der Waals surface area contributed by atoms with Crippen molar-refractivity contribution in [2.75, 3.05) is 0 Å². The molecule has 0 aliphatic carbocycles. The lowest BCUT2D eigenvalue weighted by Gasteiger charge is -2.11. The van der Waals surface area contributed by atoms with E-state index in [9.17, 15) is 14.9 Å². The fourth-order valence-electron chi connectivity index (χ4n) is 3.26. The summed E-state index contributed by atoms with van der Waals surface area (Å²) in [5.41, 5.74) is 3.73. The van der Waals surface area contributed by atoms with Crippen LogP contribution in [0.25, 0.3) is 5.69 Å². The fourth-order valence-corrected chi connectivity index (χ4v) is 4.28. The molecule has 3 aromatic carbocycles. The van der Waals surface area contributed by atoms with E-state index in [-0.39, 0.29) is 11.6 Å². The number of carbonyl (C=O) groups is 1. The highest BCUT2D eigenvalue weighted by Crippen LogP contribution is 2.42. The molecule has 8 heteroatoms. The van der Waals surface area contributed by atoms with Gasteiger partial charge in [-0.05, 0) is 62.2 Å². The van der Waals surface area contributed by atoms with Crippen molar-refractivity contribution in [1.29, 1.82) is 0 Å². The van der Waals surface area contributed by atoms with Crippen LogP contribution >= 0.6 is 11.8 Å². The van der Waals surface area contributed by atoms with Crippen molar-refractivity contribution in [3.05, 3.63) is 105 Å². The van der Waals surface area contributed by atoms with E-state index in [2.05, 4.69) is 5.10 Å². The molecular formula is C25H21N3O4S. The smallest absolute Gasteiger partial charge is 0.344 e. The van der Waals surface area contributed by atoms with Gasteiger partial charge in [-0.1, -0.05) is 48.2 Å². The Hall–Kier alpha value is -3.91. The molecule has 0 aliphatic rings. The molecule has 0 amide bonds. The molecule has 0 aliphatic heterocycles. The average Bonchev–Trinajstić information content (AvgIpc) is 3.11. The van der Waals surface area contributed by atoms with E-state index in [1.165, 1.54) is 6.07 Å². The summed E-state index contributed by atoms with van der Waals surface area (Å²) in [5, 5.41) is 16.1. The second-order valence-corrected chi connectivity index (χ2v) is 8.53. The molecule has 0 atom stereocenters. The Balaban J connectivity index is 1.80. The largest absolute Gasteiger partial charge is 0.402 e. The van der Waals surface area contributed by atoms with Crippen molar-refractivity contribution in [3.8, 4) is 11.6 Å². The van der Waals surface area contributed by atoms with Crippen LogP contribution in [0, 0.1) is 30.9 Å². The molecule has 0 radical (unpaired) electrons. The van der Waals surface area contributed by atoms with Crippen LogP contribution in [0.15, 0.2) is 82.6 Å². The highest BCUT2D eigenvalue weighted by Gasteiger charge is 2.25. The van der Waals surface area contributed by atoms with E-state index in [0.717, 1.165) is 22.9 Å². The van der Waals surface area contributed by atoms with Crippen LogP contribution in [-0.2, 0) is 0 Å². The second kappa shape index (κ2) is 9.30. The molecular weight excluding hydrogens is 438 g/mol. The Labute approximate surface area is 195 Å². The molecule has 0 unspecified atom stereocenters. The number of aromatic nitrogens is 2. The highest BCUT2D eigenvalue weighted by atomic mass is 32.2. The van der Waals surface area contributed by atoms with Gasteiger partial charge < -0.3 is 4.74 Å². The SMILES string of the molecule is Cc1ccc(C(=O)Oc2c(Sc3ccccc3[N+](=O)[O-])c(C)nn2-c2ccccc2)cc1C. The Bertz CT molecular complexity index is 1350. The van der Waals surface area contributed by atoms with E-state index < -0.39 is 10.9 Å². The molecule has 0 bridgehead atoms. The first-order chi connectivity index (χ1) is 15.8. The number of ether oxygens (including phenoxy) is 1. The van der Waals surface area contributed by atoms with Crippen molar-refractivity contribution >= 4 is 23.4 Å². The zero-order chi connectivity index (χ0) is 23.5. The Morgan fingerprint density at radius 2 is 1.67 bits per heavy atom. The monoisotopic (exact) mass is 459 g/mol. The fraction of sp³-hybridized carbons (Fsp3) is 0.120.